The summed E-state index contributed by atoms with van der Waals surface area (Å²) in [6.45, 7) is 1.42. The first-order valence-corrected chi connectivity index (χ1v) is 4.57. The molecule has 0 heterocycles. The molecule has 5 heteroatoms. The van der Waals surface area contributed by atoms with E-state index in [1.165, 1.54) is 13.0 Å². The molecule has 1 aromatic carbocycles. The molecule has 0 amide bonds. The molecule has 0 aliphatic carbocycles. The molecule has 0 fully saturated rings. The van der Waals surface area contributed by atoms with E-state index in [2.05, 4.69) is 20.9 Å². The van der Waals surface area contributed by atoms with Gasteiger partial charge >= 0.3 is 0 Å². The molecule has 0 bridgehead atoms. The van der Waals surface area contributed by atoms with Crippen LogP contribution in [0.3, 0.4) is 0 Å². The van der Waals surface area contributed by atoms with Crippen LogP contribution in [0.2, 0.25) is 0 Å². The number of carbonyl (C=O) groups excluding carboxylic acids is 1. The van der Waals surface area contributed by atoms with Crippen molar-refractivity contribution in [1.82, 2.24) is 0 Å². The maximum absolute atomic E-state index is 13.2. The number of nitrogens with zero attached hydrogens (tertiary/aromatic N) is 1. The van der Waals surface area contributed by atoms with Gasteiger partial charge < -0.3 is 0 Å². The van der Waals surface area contributed by atoms with Gasteiger partial charge in [-0.25, -0.2) is 13.6 Å². The number of hydrogen-bond donors (Lipinski definition) is 0. The van der Waals surface area contributed by atoms with E-state index in [0.717, 1.165) is 12.1 Å². The van der Waals surface area contributed by atoms with Gasteiger partial charge in [-0.2, -0.15) is 4.99 Å². The van der Waals surface area contributed by atoms with Crippen molar-refractivity contribution in [2.24, 2.45) is 4.99 Å². The van der Waals surface area contributed by atoms with Crippen LogP contribution in [0, 0.1) is 11.6 Å². The summed E-state index contributed by atoms with van der Waals surface area (Å²) in [6, 6.07) is 1.38. The van der Waals surface area contributed by atoms with Gasteiger partial charge in [0.05, 0.1) is 6.04 Å². The van der Waals surface area contributed by atoms with Crippen LogP contribution in [0.1, 0.15) is 18.5 Å². The highest BCUT2D eigenvalue weighted by molar-refractivity contribution is 9.10. The molecule has 0 saturated heterocycles. The second kappa shape index (κ2) is 4.44. The molecular weight excluding hydrogens is 256 g/mol. The average Bonchev–Trinajstić information content (AvgIpc) is 2.01. The zero-order valence-electron chi connectivity index (χ0n) is 7.22. The minimum absolute atomic E-state index is 0.225. The van der Waals surface area contributed by atoms with Crippen LogP contribution in [0.15, 0.2) is 21.6 Å². The lowest BCUT2D eigenvalue weighted by molar-refractivity contribution is 0.529. The van der Waals surface area contributed by atoms with E-state index >= 15 is 0 Å². The van der Waals surface area contributed by atoms with Crippen molar-refractivity contribution in [3.63, 3.8) is 0 Å². The number of isocyanates is 1. The van der Waals surface area contributed by atoms with Crippen molar-refractivity contribution in [2.75, 3.05) is 0 Å². The molecule has 0 aromatic heterocycles. The Bertz CT molecular complexity index is 379. The van der Waals surface area contributed by atoms with Gasteiger partial charge in [-0.3, -0.25) is 0 Å². The van der Waals surface area contributed by atoms with Crippen molar-refractivity contribution in [3.05, 3.63) is 33.8 Å². The van der Waals surface area contributed by atoms with Crippen LogP contribution in [-0.4, -0.2) is 6.08 Å². The predicted octanol–water partition coefficient (Wildman–Crippen LogP) is 3.12. The summed E-state index contributed by atoms with van der Waals surface area (Å²) in [5.74, 6) is -1.47. The number of rotatable bonds is 2. The molecule has 1 unspecified atom stereocenters. The third kappa shape index (κ3) is 2.25. The van der Waals surface area contributed by atoms with Crippen LogP contribution in [0.4, 0.5) is 8.78 Å². The summed E-state index contributed by atoms with van der Waals surface area (Å²) in [7, 11) is 0. The van der Waals surface area contributed by atoms with Crippen LogP contribution in [0.25, 0.3) is 0 Å². The van der Waals surface area contributed by atoms with E-state index in [9.17, 15) is 13.6 Å². The summed E-state index contributed by atoms with van der Waals surface area (Å²) in [5.41, 5.74) is -0.225. The Hall–Kier alpha value is -1.06. The SMILES string of the molecule is CC(N=C=O)c1c(F)cc(Br)cc1F. The minimum atomic E-state index is -0.861. The van der Waals surface area contributed by atoms with E-state index in [0.29, 0.717) is 4.47 Å². The molecule has 0 N–H and O–H groups in total. The van der Waals surface area contributed by atoms with Gasteiger partial charge in [0, 0.05) is 10.0 Å². The maximum Gasteiger partial charge on any atom is 0.235 e. The first-order chi connectivity index (χ1) is 6.56. The van der Waals surface area contributed by atoms with Crippen LogP contribution < -0.4 is 0 Å². The third-order valence-corrected chi connectivity index (χ3v) is 2.17. The zero-order chi connectivity index (χ0) is 10.7. The number of aliphatic imine (C=N–C) groups is 1. The quantitative estimate of drug-likeness (QED) is 0.594. The van der Waals surface area contributed by atoms with Crippen molar-refractivity contribution in [2.45, 2.75) is 13.0 Å². The molecule has 0 aliphatic heterocycles. The Balaban J connectivity index is 3.26. The van der Waals surface area contributed by atoms with Crippen molar-refractivity contribution >= 4 is 22.0 Å². The van der Waals surface area contributed by atoms with Gasteiger partial charge in [0.1, 0.15) is 11.6 Å². The van der Waals surface area contributed by atoms with Gasteiger partial charge in [-0.1, -0.05) is 15.9 Å². The van der Waals surface area contributed by atoms with Crippen molar-refractivity contribution in [1.29, 1.82) is 0 Å². The van der Waals surface area contributed by atoms with E-state index in [4.69, 9.17) is 0 Å². The highest BCUT2D eigenvalue weighted by Crippen LogP contribution is 2.26. The van der Waals surface area contributed by atoms with E-state index in [-0.39, 0.29) is 5.56 Å². The number of halogens is 3. The Kier molecular flexibility index (Phi) is 3.49. The second-order valence-electron chi connectivity index (χ2n) is 2.68. The van der Waals surface area contributed by atoms with Crippen molar-refractivity contribution in [3.8, 4) is 0 Å². The molecule has 1 aromatic rings. The van der Waals surface area contributed by atoms with Crippen LogP contribution >= 0.6 is 15.9 Å². The van der Waals surface area contributed by atoms with E-state index in [1.54, 1.807) is 0 Å². The Morgan fingerprint density at radius 1 is 1.43 bits per heavy atom. The average molecular weight is 262 g/mol. The van der Waals surface area contributed by atoms with Crippen molar-refractivity contribution < 1.29 is 13.6 Å². The number of hydrogen-bond acceptors (Lipinski definition) is 2. The first-order valence-electron chi connectivity index (χ1n) is 3.77. The van der Waals surface area contributed by atoms with E-state index < -0.39 is 17.7 Å². The molecule has 0 spiro atoms. The molecule has 2 nitrogen and oxygen atoms in total. The largest absolute Gasteiger partial charge is 0.235 e. The Labute approximate surface area is 87.8 Å². The van der Waals surface area contributed by atoms with Crippen LogP contribution in [-0.2, 0) is 4.79 Å². The third-order valence-electron chi connectivity index (χ3n) is 1.71. The zero-order valence-corrected chi connectivity index (χ0v) is 8.81. The minimum Gasteiger partial charge on any atom is -0.211 e. The van der Waals surface area contributed by atoms with Gasteiger partial charge in [0.2, 0.25) is 6.08 Å². The van der Waals surface area contributed by atoms with E-state index in [1.807, 2.05) is 0 Å². The molecule has 1 rings (SSSR count). The maximum atomic E-state index is 13.2. The lowest BCUT2D eigenvalue weighted by atomic mass is 10.1. The topological polar surface area (TPSA) is 29.4 Å². The summed E-state index contributed by atoms with van der Waals surface area (Å²) in [5, 5.41) is 0. The highest BCUT2D eigenvalue weighted by atomic mass is 79.9. The summed E-state index contributed by atoms with van der Waals surface area (Å²) in [6.07, 6.45) is 1.26. The normalized spacial score (nSPS) is 12.0. The van der Waals surface area contributed by atoms with Gasteiger partial charge in [-0.05, 0) is 19.1 Å². The standard InChI is InChI=1S/C9H6BrF2NO/c1-5(13-4-14)9-7(11)2-6(10)3-8(9)12/h2-3,5H,1H3. The fourth-order valence-corrected chi connectivity index (χ4v) is 1.50. The fourth-order valence-electron chi connectivity index (χ4n) is 1.10. The van der Waals surface area contributed by atoms with Gasteiger partial charge in [0.15, 0.2) is 0 Å². The Morgan fingerprint density at radius 2 is 1.93 bits per heavy atom. The molecular formula is C9H6BrF2NO. The first kappa shape index (κ1) is 11.0. The molecule has 14 heavy (non-hydrogen) atoms. The molecule has 1 atom stereocenters. The molecule has 0 saturated carbocycles. The summed E-state index contributed by atoms with van der Waals surface area (Å²) < 4.78 is 26.8. The molecule has 74 valence electrons. The van der Waals surface area contributed by atoms with Crippen LogP contribution in [0.5, 0.6) is 0 Å². The highest BCUT2D eigenvalue weighted by Gasteiger charge is 2.16. The number of benzene rings is 1. The summed E-state index contributed by atoms with van der Waals surface area (Å²) in [4.78, 5) is 13.2. The lowest BCUT2D eigenvalue weighted by Crippen LogP contribution is -1.99. The smallest absolute Gasteiger partial charge is 0.211 e. The lowest BCUT2D eigenvalue weighted by Gasteiger charge is -2.07. The fraction of sp³-hybridized carbons (Fsp3) is 0.222. The Morgan fingerprint density at radius 3 is 2.36 bits per heavy atom. The second-order valence-corrected chi connectivity index (χ2v) is 3.60. The monoisotopic (exact) mass is 261 g/mol. The summed E-state index contributed by atoms with van der Waals surface area (Å²) >= 11 is 2.95. The van der Waals surface area contributed by atoms with Gasteiger partial charge in [-0.15, -0.1) is 0 Å². The molecule has 0 radical (unpaired) electrons. The predicted molar refractivity (Wildman–Crippen MR) is 50.6 cm³/mol. The molecule has 0 aliphatic rings. The van der Waals surface area contributed by atoms with Gasteiger partial charge in [0.25, 0.3) is 0 Å².